The van der Waals surface area contributed by atoms with Crippen molar-refractivity contribution in [1.82, 2.24) is 9.88 Å². The maximum atomic E-state index is 11.5. The molecule has 0 bridgehead atoms. The first-order valence-corrected chi connectivity index (χ1v) is 18.2. The van der Waals surface area contributed by atoms with Crippen molar-refractivity contribution in [1.29, 1.82) is 0 Å². The number of benzene rings is 3. The average molecular weight is 687 g/mol. The number of carboxylic acid groups (broad SMARTS) is 1. The molecule has 3 aromatic carbocycles. The van der Waals surface area contributed by atoms with Crippen LogP contribution in [0.2, 0.25) is 5.02 Å². The molecule has 1 saturated carbocycles. The van der Waals surface area contributed by atoms with Crippen molar-refractivity contribution in [2.24, 2.45) is 5.41 Å². The third kappa shape index (κ3) is 10.6. The lowest BCUT2D eigenvalue weighted by Crippen LogP contribution is -2.32. The molecule has 1 aromatic heterocycles. The number of ether oxygens (including phenoxy) is 1. The minimum atomic E-state index is -0.911. The van der Waals surface area contributed by atoms with Crippen LogP contribution >= 0.6 is 23.4 Å². The summed E-state index contributed by atoms with van der Waals surface area (Å²) in [5, 5.41) is 22.1. The van der Waals surface area contributed by atoms with Gasteiger partial charge < -0.3 is 19.8 Å². The summed E-state index contributed by atoms with van der Waals surface area (Å²) in [7, 11) is 2.11. The zero-order valence-electron chi connectivity index (χ0n) is 28.2. The van der Waals surface area contributed by atoms with Crippen LogP contribution in [0.3, 0.4) is 0 Å². The summed E-state index contributed by atoms with van der Waals surface area (Å²) in [4.78, 5) is 18.5. The van der Waals surface area contributed by atoms with Crippen LogP contribution in [0.4, 0.5) is 0 Å². The van der Waals surface area contributed by atoms with E-state index in [1.54, 1.807) is 0 Å². The Morgan fingerprint density at radius 1 is 1.04 bits per heavy atom. The van der Waals surface area contributed by atoms with Crippen molar-refractivity contribution in [2.75, 3.05) is 39.1 Å². The Hall–Kier alpha value is -3.20. The van der Waals surface area contributed by atoms with E-state index in [9.17, 15) is 15.0 Å². The number of morpholine rings is 1. The Labute approximate surface area is 294 Å². The molecule has 0 radical (unpaired) electrons. The van der Waals surface area contributed by atoms with Crippen molar-refractivity contribution in [3.63, 3.8) is 0 Å². The molecule has 254 valence electrons. The second kappa shape index (κ2) is 16.5. The highest BCUT2D eigenvalue weighted by Gasteiger charge is 2.44. The number of carboxylic acids is 1. The molecule has 0 amide bonds. The fourth-order valence-electron chi connectivity index (χ4n) is 6.01. The summed E-state index contributed by atoms with van der Waals surface area (Å²) in [5.74, 6) is 0.122. The lowest BCUT2D eigenvalue weighted by atomic mass is 9.90. The summed E-state index contributed by atoms with van der Waals surface area (Å²) in [5.41, 5.74) is 5.15. The molecule has 2 fully saturated rings. The molecule has 6 rings (SSSR count). The highest BCUT2D eigenvalue weighted by atomic mass is 35.5. The summed E-state index contributed by atoms with van der Waals surface area (Å²) < 4.78 is 5.10. The molecule has 2 aliphatic rings. The van der Waals surface area contributed by atoms with E-state index in [0.717, 1.165) is 91.0 Å². The van der Waals surface area contributed by atoms with Gasteiger partial charge in [-0.1, -0.05) is 78.3 Å². The third-order valence-corrected chi connectivity index (χ3v) is 11.0. The monoisotopic (exact) mass is 686 g/mol. The predicted molar refractivity (Wildman–Crippen MR) is 200 cm³/mol. The largest absolute Gasteiger partial charge is 0.481 e. The number of carbonyl (C=O) groups is 1. The molecule has 8 heteroatoms. The molecular weight excluding hydrogens is 640 g/mol. The topological polar surface area (TPSA) is 82.9 Å². The number of pyridine rings is 1. The maximum Gasteiger partial charge on any atom is 0.303 e. The van der Waals surface area contributed by atoms with E-state index in [1.807, 2.05) is 74.1 Å². The van der Waals surface area contributed by atoms with Crippen LogP contribution in [0.5, 0.6) is 0 Å². The normalized spacial score (nSPS) is 16.8. The van der Waals surface area contributed by atoms with Gasteiger partial charge in [0.1, 0.15) is 0 Å². The van der Waals surface area contributed by atoms with Gasteiger partial charge in [-0.25, -0.2) is 4.98 Å². The van der Waals surface area contributed by atoms with E-state index >= 15 is 0 Å². The molecule has 2 heterocycles. The molecule has 1 atom stereocenters. The number of hydrogen-bond acceptors (Lipinski definition) is 6. The van der Waals surface area contributed by atoms with Gasteiger partial charge >= 0.3 is 5.97 Å². The zero-order chi connectivity index (χ0) is 34.1. The van der Waals surface area contributed by atoms with Crippen molar-refractivity contribution in [3.8, 4) is 0 Å². The Bertz CT molecular complexity index is 1710. The molecule has 1 aliphatic heterocycles. The van der Waals surface area contributed by atoms with E-state index in [-0.39, 0.29) is 17.1 Å². The van der Waals surface area contributed by atoms with Gasteiger partial charge in [-0.3, -0.25) is 4.79 Å². The maximum absolute atomic E-state index is 11.5. The van der Waals surface area contributed by atoms with Gasteiger partial charge in [0.2, 0.25) is 0 Å². The van der Waals surface area contributed by atoms with Crippen LogP contribution < -0.4 is 0 Å². The van der Waals surface area contributed by atoms with Crippen molar-refractivity contribution in [2.45, 2.75) is 56.8 Å². The summed E-state index contributed by atoms with van der Waals surface area (Å²) in [6.45, 7) is 7.68. The van der Waals surface area contributed by atoms with Gasteiger partial charge in [0.15, 0.2) is 0 Å². The zero-order valence-corrected chi connectivity index (χ0v) is 29.8. The first kappa shape index (κ1) is 36.1. The molecule has 1 aliphatic carbocycles. The molecule has 6 nitrogen and oxygen atoms in total. The first-order valence-electron chi connectivity index (χ1n) is 16.7. The number of aryl methyl sites for hydroxylation is 1. The molecule has 48 heavy (non-hydrogen) atoms. The Morgan fingerprint density at radius 2 is 1.79 bits per heavy atom. The number of halogens is 1. The highest BCUT2D eigenvalue weighted by Crippen LogP contribution is 2.53. The van der Waals surface area contributed by atoms with Crippen LogP contribution in [0, 0.1) is 5.41 Å². The van der Waals surface area contributed by atoms with E-state index in [0.29, 0.717) is 5.02 Å². The number of fused-ring (bicyclic) bond motifs is 1. The number of likely N-dealkylation sites (N-methyl/N-ethyl adjacent to an activating group) is 1. The average Bonchev–Trinajstić information content (AvgIpc) is 3.82. The number of rotatable bonds is 12. The van der Waals surface area contributed by atoms with Gasteiger partial charge in [0.25, 0.3) is 0 Å². The number of aliphatic carboxylic acids is 1. The van der Waals surface area contributed by atoms with Crippen LogP contribution in [0.1, 0.15) is 72.7 Å². The Morgan fingerprint density at radius 3 is 2.48 bits per heavy atom. The lowest BCUT2D eigenvalue weighted by Gasteiger charge is -2.24. The fourth-order valence-corrected chi connectivity index (χ4v) is 7.75. The number of aliphatic hydroxyl groups is 1. The van der Waals surface area contributed by atoms with Gasteiger partial charge in [-0.15, -0.1) is 0 Å². The predicted octanol–water partition coefficient (Wildman–Crippen LogP) is 8.90. The standard InChI is InChI=1S/C35H36ClNO3S.C5H11NO/c1-34(2,40)30-9-4-3-7-25(30)13-17-32(41-23-35(18-19-35)22-33(38)39)27-8-5-6-24(20-27)10-15-29-16-12-26-11-14-28(36)21-31(26)37-29;1-6-2-4-7-5-3-6/h3-12,14-16,20-21,32,40H,13,17-19,22-23H2,1-2H3,(H,38,39);2-5H2,1H3/t32-;/m1./s1. The van der Waals surface area contributed by atoms with Crippen LogP contribution in [0.15, 0.2) is 78.9 Å². The molecule has 4 aromatic rings. The summed E-state index contributed by atoms with van der Waals surface area (Å²) >= 11 is 8.04. The Kier molecular flexibility index (Phi) is 12.4. The van der Waals surface area contributed by atoms with E-state index < -0.39 is 11.6 Å². The van der Waals surface area contributed by atoms with E-state index in [1.165, 1.54) is 5.56 Å². The van der Waals surface area contributed by atoms with Crippen molar-refractivity contribution < 1.29 is 19.7 Å². The van der Waals surface area contributed by atoms with Crippen molar-refractivity contribution >= 4 is 52.4 Å². The molecule has 2 N–H and O–H groups in total. The second-order valence-corrected chi connectivity index (χ2v) is 15.2. The van der Waals surface area contributed by atoms with Gasteiger partial charge in [0.05, 0.1) is 36.4 Å². The van der Waals surface area contributed by atoms with Crippen LogP contribution in [-0.4, -0.2) is 65.2 Å². The van der Waals surface area contributed by atoms with Crippen LogP contribution in [-0.2, 0) is 21.6 Å². The number of nitrogens with zero attached hydrogens (tertiary/aromatic N) is 2. The highest BCUT2D eigenvalue weighted by molar-refractivity contribution is 7.99. The molecule has 0 unspecified atom stereocenters. The number of hydrogen-bond donors (Lipinski definition) is 2. The van der Waals surface area contributed by atoms with Crippen LogP contribution in [0.25, 0.3) is 23.1 Å². The minimum absolute atomic E-state index is 0.0814. The smallest absolute Gasteiger partial charge is 0.303 e. The lowest BCUT2D eigenvalue weighted by molar-refractivity contribution is -0.138. The SMILES string of the molecule is CC(C)(O)c1ccccc1CC[C@@H](SCC1(CC(=O)O)CC1)c1cccc(C=Cc2ccc3ccc(Cl)cc3n2)c1.CN1CCOCC1. The number of aromatic nitrogens is 1. The first-order chi connectivity index (χ1) is 23.0. The van der Waals surface area contributed by atoms with Gasteiger partial charge in [-0.05, 0) is 98.5 Å². The summed E-state index contributed by atoms with van der Waals surface area (Å²) in [6.07, 6.45) is 8.02. The Balaban J connectivity index is 0.000000572. The fraction of sp³-hybridized carbons (Fsp3) is 0.400. The second-order valence-electron chi connectivity index (χ2n) is 13.6. The van der Waals surface area contributed by atoms with E-state index in [2.05, 4.69) is 54.4 Å². The third-order valence-electron chi connectivity index (χ3n) is 9.07. The van der Waals surface area contributed by atoms with Crippen molar-refractivity contribution in [3.05, 3.63) is 112 Å². The number of thioether (sulfide) groups is 1. The molecule has 1 saturated heterocycles. The minimum Gasteiger partial charge on any atom is -0.481 e. The van der Waals surface area contributed by atoms with E-state index in [4.69, 9.17) is 21.3 Å². The van der Waals surface area contributed by atoms with Gasteiger partial charge in [-0.2, -0.15) is 11.8 Å². The quantitative estimate of drug-likeness (QED) is 0.154. The molecule has 0 spiro atoms. The summed E-state index contributed by atoms with van der Waals surface area (Å²) in [6, 6.07) is 26.5. The molecular formula is C40H47ClN2O4S. The van der Waals surface area contributed by atoms with Gasteiger partial charge in [0, 0.05) is 34.5 Å².